The zero-order valence-electron chi connectivity index (χ0n) is 27.9. The van der Waals surface area contributed by atoms with Crippen LogP contribution in [0, 0.1) is 0 Å². The fraction of sp³-hybridized carbons (Fsp3) is 0.944. The van der Waals surface area contributed by atoms with E-state index >= 15 is 0 Å². The van der Waals surface area contributed by atoms with Crippen molar-refractivity contribution in [2.45, 2.75) is 181 Å². The maximum absolute atomic E-state index is 9.03. The first-order valence-electron chi connectivity index (χ1n) is 17.9. The highest BCUT2D eigenvalue weighted by atomic mass is 32.1. The fourth-order valence-electron chi connectivity index (χ4n) is 5.19. The number of rotatable bonds is 32. The minimum Gasteiger partial charge on any atom is -0.395 e. The SMILES string of the molecule is C=C(CCCCCCCCCCC)N(CCO)CCS.CCCCCCCCCCCCCCCCCOCC. The number of thiol groups is 1. The van der Waals surface area contributed by atoms with Crippen LogP contribution in [-0.2, 0) is 4.74 Å². The van der Waals surface area contributed by atoms with E-state index < -0.39 is 0 Å². The van der Waals surface area contributed by atoms with Crippen LogP contribution < -0.4 is 0 Å². The Labute approximate surface area is 259 Å². The van der Waals surface area contributed by atoms with Gasteiger partial charge in [0.2, 0.25) is 0 Å². The van der Waals surface area contributed by atoms with E-state index in [2.05, 4.69) is 44.9 Å². The standard InChI is InChI=1S/C19H40O.C17H35NOS/c1-3-5-6-7-8-9-10-11-12-13-14-15-16-17-18-19-20-4-2;1-3-4-5-6-7-8-9-10-11-12-17(2)18(13-15-19)14-16-20/h3-19H2,1-2H3;19-20H,2-16H2,1H3. The third kappa shape index (κ3) is 35.8. The van der Waals surface area contributed by atoms with E-state index in [-0.39, 0.29) is 6.61 Å². The highest BCUT2D eigenvalue weighted by Gasteiger charge is 2.05. The van der Waals surface area contributed by atoms with Gasteiger partial charge in [-0.05, 0) is 26.2 Å². The van der Waals surface area contributed by atoms with E-state index in [1.165, 1.54) is 154 Å². The van der Waals surface area contributed by atoms with E-state index in [1.807, 2.05) is 0 Å². The van der Waals surface area contributed by atoms with E-state index in [4.69, 9.17) is 9.84 Å². The summed E-state index contributed by atoms with van der Waals surface area (Å²) in [6.07, 6.45) is 34.7. The molecule has 242 valence electrons. The molecule has 0 aliphatic heterocycles. The highest BCUT2D eigenvalue weighted by Crippen LogP contribution is 2.15. The second kappa shape index (κ2) is 38.8. The van der Waals surface area contributed by atoms with Gasteiger partial charge in [-0.3, -0.25) is 0 Å². The monoisotopic (exact) mass is 586 g/mol. The molecule has 0 bridgehead atoms. The average molecular weight is 586 g/mol. The molecule has 0 aliphatic carbocycles. The Morgan fingerprint density at radius 3 is 1.30 bits per heavy atom. The van der Waals surface area contributed by atoms with Gasteiger partial charge < -0.3 is 14.7 Å². The van der Waals surface area contributed by atoms with Gasteiger partial charge in [0.25, 0.3) is 0 Å². The van der Waals surface area contributed by atoms with Crippen molar-refractivity contribution in [3.05, 3.63) is 12.3 Å². The van der Waals surface area contributed by atoms with E-state index in [0.29, 0.717) is 6.54 Å². The van der Waals surface area contributed by atoms with Gasteiger partial charge in [-0.25, -0.2) is 0 Å². The van der Waals surface area contributed by atoms with Gasteiger partial charge in [-0.2, -0.15) is 12.6 Å². The Kier molecular flexibility index (Phi) is 40.7. The number of allylic oxidation sites excluding steroid dienone is 1. The Morgan fingerprint density at radius 1 is 0.575 bits per heavy atom. The van der Waals surface area contributed by atoms with Crippen molar-refractivity contribution < 1.29 is 9.84 Å². The molecule has 0 radical (unpaired) electrons. The topological polar surface area (TPSA) is 32.7 Å². The number of unbranched alkanes of at least 4 members (excludes halogenated alkanes) is 22. The molecule has 0 amide bonds. The van der Waals surface area contributed by atoms with Gasteiger partial charge >= 0.3 is 0 Å². The summed E-state index contributed by atoms with van der Waals surface area (Å²) in [6.45, 7) is 14.4. The molecule has 3 nitrogen and oxygen atoms in total. The van der Waals surface area contributed by atoms with Crippen molar-refractivity contribution in [3.8, 4) is 0 Å². The summed E-state index contributed by atoms with van der Waals surface area (Å²) in [4.78, 5) is 2.16. The molecule has 0 unspecified atom stereocenters. The molecule has 0 rings (SSSR count). The van der Waals surface area contributed by atoms with Crippen molar-refractivity contribution in [3.63, 3.8) is 0 Å². The second-order valence-corrected chi connectivity index (χ2v) is 12.2. The molecule has 0 aromatic carbocycles. The zero-order chi connectivity index (χ0) is 29.8. The molecule has 1 N–H and O–H groups in total. The minimum absolute atomic E-state index is 0.199. The second-order valence-electron chi connectivity index (χ2n) is 11.7. The summed E-state index contributed by atoms with van der Waals surface area (Å²) in [6, 6.07) is 0. The van der Waals surface area contributed by atoms with Crippen molar-refractivity contribution in [1.82, 2.24) is 4.90 Å². The molecule has 4 heteroatoms. The quantitative estimate of drug-likeness (QED) is 0.0608. The maximum atomic E-state index is 9.03. The average Bonchev–Trinajstić information content (AvgIpc) is 2.96. The van der Waals surface area contributed by atoms with Gasteiger partial charge in [-0.15, -0.1) is 0 Å². The molecular weight excluding hydrogens is 510 g/mol. The van der Waals surface area contributed by atoms with E-state index in [0.717, 1.165) is 37.6 Å². The lowest BCUT2D eigenvalue weighted by atomic mass is 10.0. The van der Waals surface area contributed by atoms with Crippen molar-refractivity contribution >= 4 is 12.6 Å². The first-order valence-corrected chi connectivity index (χ1v) is 18.5. The van der Waals surface area contributed by atoms with Crippen LogP contribution in [0.5, 0.6) is 0 Å². The first kappa shape index (κ1) is 41.9. The molecule has 0 saturated carbocycles. The Morgan fingerprint density at radius 2 is 0.950 bits per heavy atom. The van der Waals surface area contributed by atoms with Crippen LogP contribution >= 0.6 is 12.6 Å². The normalized spacial score (nSPS) is 10.9. The predicted octanol–water partition coefficient (Wildman–Crippen LogP) is 11.5. The third-order valence-electron chi connectivity index (χ3n) is 7.85. The maximum Gasteiger partial charge on any atom is 0.0606 e. The van der Waals surface area contributed by atoms with Crippen LogP contribution in [0.2, 0.25) is 0 Å². The van der Waals surface area contributed by atoms with Crippen molar-refractivity contribution in [2.75, 3.05) is 38.7 Å². The Balaban J connectivity index is 0. The lowest BCUT2D eigenvalue weighted by molar-refractivity contribution is 0.143. The van der Waals surface area contributed by atoms with Gasteiger partial charge in [0.15, 0.2) is 0 Å². The van der Waals surface area contributed by atoms with Crippen LogP contribution in [0.3, 0.4) is 0 Å². The molecule has 40 heavy (non-hydrogen) atoms. The zero-order valence-corrected chi connectivity index (χ0v) is 28.8. The Hall–Kier alpha value is -0.190. The van der Waals surface area contributed by atoms with Crippen molar-refractivity contribution in [2.24, 2.45) is 0 Å². The first-order chi connectivity index (χ1) is 19.7. The third-order valence-corrected chi connectivity index (χ3v) is 8.05. The molecule has 0 heterocycles. The summed E-state index contributed by atoms with van der Waals surface area (Å²) in [5.41, 5.74) is 1.16. The fourth-order valence-corrected chi connectivity index (χ4v) is 5.43. The predicted molar refractivity (Wildman–Crippen MR) is 185 cm³/mol. The lowest BCUT2D eigenvalue weighted by Crippen LogP contribution is -2.27. The summed E-state index contributed by atoms with van der Waals surface area (Å²) in [5, 5.41) is 9.03. The lowest BCUT2D eigenvalue weighted by Gasteiger charge is -2.25. The van der Waals surface area contributed by atoms with E-state index in [1.54, 1.807) is 0 Å². The van der Waals surface area contributed by atoms with E-state index in [9.17, 15) is 0 Å². The molecule has 0 aliphatic rings. The Bertz CT molecular complexity index is 436. The van der Waals surface area contributed by atoms with Crippen molar-refractivity contribution in [1.29, 1.82) is 0 Å². The molecule has 0 spiro atoms. The minimum atomic E-state index is 0.199. The number of nitrogens with zero attached hydrogens (tertiary/aromatic N) is 1. The van der Waals surface area contributed by atoms with Crippen LogP contribution in [0.15, 0.2) is 12.3 Å². The van der Waals surface area contributed by atoms with Crippen LogP contribution in [-0.4, -0.2) is 48.7 Å². The summed E-state index contributed by atoms with van der Waals surface area (Å²) in [7, 11) is 0. The molecule has 0 atom stereocenters. The summed E-state index contributed by atoms with van der Waals surface area (Å²) >= 11 is 4.25. The largest absolute Gasteiger partial charge is 0.395 e. The number of aliphatic hydroxyl groups is 1. The van der Waals surface area contributed by atoms with Crippen LogP contribution in [0.1, 0.15) is 181 Å². The van der Waals surface area contributed by atoms with Gasteiger partial charge in [0.1, 0.15) is 0 Å². The summed E-state index contributed by atoms with van der Waals surface area (Å²) < 4.78 is 5.35. The molecular formula is C36H75NO2S. The van der Waals surface area contributed by atoms with Gasteiger partial charge in [0.05, 0.1) is 6.61 Å². The number of hydrogen-bond acceptors (Lipinski definition) is 4. The van der Waals surface area contributed by atoms with Crippen LogP contribution in [0.25, 0.3) is 0 Å². The van der Waals surface area contributed by atoms with Crippen LogP contribution in [0.4, 0.5) is 0 Å². The van der Waals surface area contributed by atoms with Gasteiger partial charge in [0, 0.05) is 37.8 Å². The molecule has 0 fully saturated rings. The molecule has 0 saturated heterocycles. The molecule has 0 aromatic heterocycles. The number of hydrogen-bond donors (Lipinski definition) is 2. The highest BCUT2D eigenvalue weighted by molar-refractivity contribution is 7.80. The number of aliphatic hydroxyl groups excluding tert-OH is 1. The summed E-state index contributed by atoms with van der Waals surface area (Å²) in [5.74, 6) is 0.816. The van der Waals surface area contributed by atoms with Gasteiger partial charge in [-0.1, -0.05) is 162 Å². The smallest absolute Gasteiger partial charge is 0.0606 e. The molecule has 0 aromatic rings. The number of ether oxygens (including phenoxy) is 1.